The fourth-order valence-corrected chi connectivity index (χ4v) is 2.81. The van der Waals surface area contributed by atoms with Gasteiger partial charge in [-0.3, -0.25) is 4.79 Å². The Morgan fingerprint density at radius 2 is 2.21 bits per heavy atom. The summed E-state index contributed by atoms with van der Waals surface area (Å²) in [5.41, 5.74) is 0.327. The van der Waals surface area contributed by atoms with E-state index in [-0.39, 0.29) is 23.7 Å². The molecule has 0 N–H and O–H groups in total. The van der Waals surface area contributed by atoms with Crippen LogP contribution < -0.4 is 4.74 Å². The van der Waals surface area contributed by atoms with E-state index in [4.69, 9.17) is 20.8 Å². The number of hydrogen-bond acceptors (Lipinski definition) is 4. The number of aryl methyl sites for hydroxylation is 1. The summed E-state index contributed by atoms with van der Waals surface area (Å²) in [5.74, 6) is 0.633. The number of furan rings is 1. The van der Waals surface area contributed by atoms with E-state index in [2.05, 4.69) is 5.10 Å². The van der Waals surface area contributed by atoms with Crippen molar-refractivity contribution in [3.8, 4) is 5.75 Å². The fraction of sp³-hybridized carbons (Fsp3) is 0.300. The molecule has 0 aliphatic heterocycles. The summed E-state index contributed by atoms with van der Waals surface area (Å²) < 4.78 is 25.5. The van der Waals surface area contributed by atoms with Gasteiger partial charge in [-0.05, 0) is 43.7 Å². The number of carbonyl (C=O) groups excluding carboxylic acids is 1. The summed E-state index contributed by atoms with van der Waals surface area (Å²) in [6.07, 6.45) is 4.84. The van der Waals surface area contributed by atoms with E-state index in [1.807, 2.05) is 19.1 Å². The molecule has 28 heavy (non-hydrogen) atoms. The predicted molar refractivity (Wildman–Crippen MR) is 103 cm³/mol. The van der Waals surface area contributed by atoms with Crippen molar-refractivity contribution in [3.05, 3.63) is 71.2 Å². The lowest BCUT2D eigenvalue weighted by molar-refractivity contribution is 0.0728. The van der Waals surface area contributed by atoms with Gasteiger partial charge in [0.05, 0.1) is 11.3 Å². The minimum Gasteiger partial charge on any atom is -0.471 e. The van der Waals surface area contributed by atoms with E-state index in [0.29, 0.717) is 11.4 Å². The van der Waals surface area contributed by atoms with Gasteiger partial charge in [0.1, 0.15) is 17.3 Å². The Labute approximate surface area is 167 Å². The van der Waals surface area contributed by atoms with Gasteiger partial charge in [0.25, 0.3) is 5.91 Å². The maximum absolute atomic E-state index is 13.2. The molecular formula is C20H21ClFN3O3. The maximum atomic E-state index is 13.2. The Balaban J connectivity index is 1.54. The number of hydrogen-bond donors (Lipinski definition) is 0. The van der Waals surface area contributed by atoms with Crippen molar-refractivity contribution in [2.45, 2.75) is 32.5 Å². The van der Waals surface area contributed by atoms with E-state index in [9.17, 15) is 9.18 Å². The van der Waals surface area contributed by atoms with Crippen LogP contribution in [-0.4, -0.2) is 33.7 Å². The van der Waals surface area contributed by atoms with Crippen LogP contribution in [0.25, 0.3) is 0 Å². The highest BCUT2D eigenvalue weighted by atomic mass is 35.5. The Bertz CT molecular complexity index is 927. The molecule has 0 spiro atoms. The Morgan fingerprint density at radius 3 is 2.93 bits per heavy atom. The molecule has 1 aromatic carbocycles. The Morgan fingerprint density at radius 1 is 1.39 bits per heavy atom. The highest BCUT2D eigenvalue weighted by Crippen LogP contribution is 2.21. The van der Waals surface area contributed by atoms with Crippen molar-refractivity contribution in [2.75, 3.05) is 7.05 Å². The van der Waals surface area contributed by atoms with Crippen LogP contribution in [0.15, 0.2) is 53.3 Å². The molecule has 3 rings (SSSR count). The zero-order chi connectivity index (χ0) is 20.1. The van der Waals surface area contributed by atoms with Gasteiger partial charge in [-0.1, -0.05) is 11.6 Å². The number of halogens is 2. The van der Waals surface area contributed by atoms with Crippen LogP contribution in [-0.2, 0) is 13.2 Å². The van der Waals surface area contributed by atoms with Crippen molar-refractivity contribution in [3.63, 3.8) is 0 Å². The second-order valence-corrected chi connectivity index (χ2v) is 6.88. The smallest absolute Gasteiger partial charge is 0.274 e. The maximum Gasteiger partial charge on any atom is 0.274 e. The summed E-state index contributed by atoms with van der Waals surface area (Å²) in [6.45, 7) is 2.06. The fourth-order valence-electron chi connectivity index (χ4n) is 2.64. The highest BCUT2D eigenvalue weighted by molar-refractivity contribution is 6.30. The first-order valence-corrected chi connectivity index (χ1v) is 9.22. The van der Waals surface area contributed by atoms with Crippen molar-refractivity contribution in [1.82, 2.24) is 14.7 Å². The quantitative estimate of drug-likeness (QED) is 0.557. The van der Waals surface area contributed by atoms with E-state index < -0.39 is 5.82 Å². The standard InChI is InChI=1S/C20H21ClFN3O3/c1-14(5-6-15-4-3-11-27-15)24(2)20(26)19-9-10-25(23-19)13-28-16-7-8-18(22)17(21)12-16/h3-4,7-12,14H,5-6,13H2,1-2H3. The first-order valence-electron chi connectivity index (χ1n) is 8.85. The molecule has 0 radical (unpaired) electrons. The topological polar surface area (TPSA) is 60.5 Å². The van der Waals surface area contributed by atoms with Gasteiger partial charge in [-0.15, -0.1) is 0 Å². The zero-order valence-electron chi connectivity index (χ0n) is 15.6. The third kappa shape index (κ3) is 4.92. The lowest BCUT2D eigenvalue weighted by Crippen LogP contribution is -2.35. The van der Waals surface area contributed by atoms with Crippen LogP contribution in [0.2, 0.25) is 5.02 Å². The van der Waals surface area contributed by atoms with Gasteiger partial charge in [-0.2, -0.15) is 5.10 Å². The monoisotopic (exact) mass is 405 g/mol. The summed E-state index contributed by atoms with van der Waals surface area (Å²) >= 11 is 5.73. The molecule has 8 heteroatoms. The first kappa shape index (κ1) is 19.9. The predicted octanol–water partition coefficient (Wildman–Crippen LogP) is 4.40. The first-order chi connectivity index (χ1) is 13.4. The minimum absolute atomic E-state index is 0.0148. The molecule has 0 aliphatic carbocycles. The average Bonchev–Trinajstić information content (AvgIpc) is 3.37. The second kappa shape index (κ2) is 8.93. The number of rotatable bonds is 8. The lowest BCUT2D eigenvalue weighted by atomic mass is 10.1. The molecule has 1 atom stereocenters. The molecule has 148 valence electrons. The zero-order valence-corrected chi connectivity index (χ0v) is 16.4. The summed E-state index contributed by atoms with van der Waals surface area (Å²) in [6, 6.07) is 9.54. The summed E-state index contributed by atoms with van der Waals surface area (Å²) in [4.78, 5) is 14.3. The molecule has 2 heterocycles. The minimum atomic E-state index is -0.509. The van der Waals surface area contributed by atoms with E-state index in [1.54, 1.807) is 30.5 Å². The van der Waals surface area contributed by atoms with Crippen LogP contribution in [0.1, 0.15) is 29.6 Å². The van der Waals surface area contributed by atoms with Crippen molar-refractivity contribution < 1.29 is 18.3 Å². The number of carbonyl (C=O) groups is 1. The molecule has 0 fully saturated rings. The highest BCUT2D eigenvalue weighted by Gasteiger charge is 2.20. The third-order valence-electron chi connectivity index (χ3n) is 4.48. The van der Waals surface area contributed by atoms with Crippen LogP contribution in [0.4, 0.5) is 4.39 Å². The SMILES string of the molecule is CC(CCc1ccco1)N(C)C(=O)c1ccn(COc2ccc(F)c(Cl)c2)n1. The Kier molecular flexibility index (Phi) is 6.36. The largest absolute Gasteiger partial charge is 0.471 e. The van der Waals surface area contributed by atoms with Gasteiger partial charge in [0, 0.05) is 31.8 Å². The lowest BCUT2D eigenvalue weighted by Gasteiger charge is -2.23. The molecule has 1 unspecified atom stereocenters. The van der Waals surface area contributed by atoms with Crippen molar-refractivity contribution in [2.24, 2.45) is 0 Å². The molecule has 0 saturated carbocycles. The molecule has 1 amide bonds. The van der Waals surface area contributed by atoms with E-state index in [0.717, 1.165) is 18.6 Å². The average molecular weight is 406 g/mol. The van der Waals surface area contributed by atoms with E-state index >= 15 is 0 Å². The molecule has 0 aliphatic rings. The van der Waals surface area contributed by atoms with E-state index in [1.165, 1.54) is 22.9 Å². The number of ether oxygens (including phenoxy) is 1. The normalized spacial score (nSPS) is 12.0. The number of amides is 1. The number of benzene rings is 1. The van der Waals surface area contributed by atoms with Crippen LogP contribution in [0.3, 0.4) is 0 Å². The van der Waals surface area contributed by atoms with Crippen LogP contribution in [0.5, 0.6) is 5.75 Å². The van der Waals surface area contributed by atoms with Gasteiger partial charge in [-0.25, -0.2) is 9.07 Å². The second-order valence-electron chi connectivity index (χ2n) is 6.47. The van der Waals surface area contributed by atoms with Crippen LogP contribution >= 0.6 is 11.6 Å². The molecule has 0 bridgehead atoms. The van der Waals surface area contributed by atoms with Gasteiger partial charge >= 0.3 is 0 Å². The third-order valence-corrected chi connectivity index (χ3v) is 4.77. The van der Waals surface area contributed by atoms with Crippen molar-refractivity contribution in [1.29, 1.82) is 0 Å². The summed E-state index contributed by atoms with van der Waals surface area (Å²) in [7, 11) is 1.76. The molecular weight excluding hydrogens is 385 g/mol. The van der Waals surface area contributed by atoms with Crippen molar-refractivity contribution >= 4 is 17.5 Å². The Hall–Kier alpha value is -2.80. The number of aromatic nitrogens is 2. The number of nitrogens with zero attached hydrogens (tertiary/aromatic N) is 3. The molecule has 2 aromatic heterocycles. The van der Waals surface area contributed by atoms with Gasteiger partial charge < -0.3 is 14.1 Å². The molecule has 3 aromatic rings. The van der Waals surface area contributed by atoms with Crippen LogP contribution in [0, 0.1) is 5.82 Å². The van der Waals surface area contributed by atoms with Gasteiger partial charge in [0.15, 0.2) is 12.4 Å². The van der Waals surface area contributed by atoms with Gasteiger partial charge in [0.2, 0.25) is 0 Å². The molecule has 6 nitrogen and oxygen atoms in total. The molecule has 0 saturated heterocycles. The summed E-state index contributed by atoms with van der Waals surface area (Å²) in [5, 5.41) is 4.24.